The highest BCUT2D eigenvalue weighted by molar-refractivity contribution is 7.09. The monoisotopic (exact) mass is 509 g/mol. The van der Waals surface area contributed by atoms with Gasteiger partial charge < -0.3 is 10.6 Å². The van der Waals surface area contributed by atoms with Gasteiger partial charge in [-0.15, -0.1) is 11.3 Å². The molecule has 0 saturated carbocycles. The van der Waals surface area contributed by atoms with Gasteiger partial charge in [-0.25, -0.2) is 9.37 Å². The second-order valence-electron chi connectivity index (χ2n) is 8.33. The van der Waals surface area contributed by atoms with Crippen LogP contribution in [0.2, 0.25) is 5.02 Å². The Morgan fingerprint density at radius 1 is 1.14 bits per heavy atom. The van der Waals surface area contributed by atoms with Crippen molar-refractivity contribution in [3.8, 4) is 22.5 Å². The molecule has 3 heterocycles. The predicted molar refractivity (Wildman–Crippen MR) is 133 cm³/mol. The first-order valence-corrected chi connectivity index (χ1v) is 12.2. The number of thiazole rings is 1. The lowest BCUT2D eigenvalue weighted by Gasteiger charge is -2.28. The molecule has 1 aliphatic rings. The quantitative estimate of drug-likeness (QED) is 0.430. The molecule has 0 atom stereocenters. The standard InChI is InChI=1S/C25H21ClFN5O2S/c1-14-29-20(13-35-14)16-4-2-15(3-5-16)10-22(33)31-8-9-32-21(12-31)23(25(28)34)24(30-32)17-6-7-19(27)18(26)11-17/h2-7,11,13H,8-10,12H2,1H3,(H2,28,34). The molecule has 7 nitrogen and oxygen atoms in total. The van der Waals surface area contributed by atoms with Crippen LogP contribution in [0, 0.1) is 12.7 Å². The van der Waals surface area contributed by atoms with E-state index in [0.717, 1.165) is 21.8 Å². The first-order chi connectivity index (χ1) is 16.8. The molecule has 0 aliphatic carbocycles. The Morgan fingerprint density at radius 2 is 1.89 bits per heavy atom. The predicted octanol–water partition coefficient (Wildman–Crippen LogP) is 4.46. The molecule has 178 valence electrons. The Bertz CT molecular complexity index is 1450. The smallest absolute Gasteiger partial charge is 0.252 e. The van der Waals surface area contributed by atoms with Gasteiger partial charge in [0, 0.05) is 23.1 Å². The average Bonchev–Trinajstić information content (AvgIpc) is 3.44. The molecule has 2 aromatic carbocycles. The van der Waals surface area contributed by atoms with Gasteiger partial charge >= 0.3 is 0 Å². The number of aromatic nitrogens is 3. The number of benzene rings is 2. The van der Waals surface area contributed by atoms with Crippen LogP contribution in [-0.4, -0.2) is 38.0 Å². The van der Waals surface area contributed by atoms with E-state index in [9.17, 15) is 14.0 Å². The fraction of sp³-hybridized carbons (Fsp3) is 0.200. The topological polar surface area (TPSA) is 94.1 Å². The Kier molecular flexibility index (Phi) is 6.12. The van der Waals surface area contributed by atoms with Crippen LogP contribution in [0.15, 0.2) is 47.8 Å². The normalized spacial score (nSPS) is 13.1. The van der Waals surface area contributed by atoms with Gasteiger partial charge in [0.05, 0.1) is 46.5 Å². The summed E-state index contributed by atoms with van der Waals surface area (Å²) >= 11 is 7.52. The Labute approximate surface area is 210 Å². The maximum absolute atomic E-state index is 13.6. The summed E-state index contributed by atoms with van der Waals surface area (Å²) in [6.07, 6.45) is 0.233. The number of carbonyl (C=O) groups excluding carboxylic acids is 2. The molecule has 2 N–H and O–H groups in total. The molecule has 0 spiro atoms. The van der Waals surface area contributed by atoms with Crippen LogP contribution >= 0.6 is 22.9 Å². The van der Waals surface area contributed by atoms with Crippen molar-refractivity contribution < 1.29 is 14.0 Å². The summed E-state index contributed by atoms with van der Waals surface area (Å²) in [6.45, 7) is 3.03. The molecule has 0 fully saturated rings. The highest BCUT2D eigenvalue weighted by Gasteiger charge is 2.29. The van der Waals surface area contributed by atoms with E-state index in [1.165, 1.54) is 18.2 Å². The summed E-state index contributed by atoms with van der Waals surface area (Å²) in [5.41, 5.74) is 10.1. The van der Waals surface area contributed by atoms with Crippen molar-refractivity contribution in [3.05, 3.63) is 80.5 Å². The van der Waals surface area contributed by atoms with Gasteiger partial charge in [0.1, 0.15) is 11.5 Å². The van der Waals surface area contributed by atoms with E-state index < -0.39 is 11.7 Å². The van der Waals surface area contributed by atoms with Crippen LogP contribution < -0.4 is 5.73 Å². The molecule has 0 bridgehead atoms. The lowest BCUT2D eigenvalue weighted by atomic mass is 10.0. The van der Waals surface area contributed by atoms with E-state index in [1.807, 2.05) is 36.6 Å². The van der Waals surface area contributed by atoms with E-state index in [-0.39, 0.29) is 29.5 Å². The molecule has 5 rings (SSSR count). The van der Waals surface area contributed by atoms with Crippen LogP contribution in [0.25, 0.3) is 22.5 Å². The maximum Gasteiger partial charge on any atom is 0.252 e. The van der Waals surface area contributed by atoms with Crippen molar-refractivity contribution in [1.29, 1.82) is 0 Å². The number of carbonyl (C=O) groups is 2. The zero-order valence-electron chi connectivity index (χ0n) is 18.8. The van der Waals surface area contributed by atoms with E-state index in [1.54, 1.807) is 20.9 Å². The van der Waals surface area contributed by atoms with Crippen molar-refractivity contribution in [2.75, 3.05) is 6.54 Å². The Hall–Kier alpha value is -3.56. The summed E-state index contributed by atoms with van der Waals surface area (Å²) in [5, 5.41) is 7.47. The van der Waals surface area contributed by atoms with Crippen LogP contribution in [0.4, 0.5) is 4.39 Å². The number of nitrogens with zero attached hydrogens (tertiary/aromatic N) is 4. The van der Waals surface area contributed by atoms with Crippen molar-refractivity contribution in [1.82, 2.24) is 19.7 Å². The van der Waals surface area contributed by atoms with Gasteiger partial charge in [-0.3, -0.25) is 14.3 Å². The molecule has 0 radical (unpaired) electrons. The van der Waals surface area contributed by atoms with Crippen molar-refractivity contribution in [2.24, 2.45) is 5.73 Å². The molecule has 0 unspecified atom stereocenters. The second-order valence-corrected chi connectivity index (χ2v) is 9.80. The SMILES string of the molecule is Cc1nc(-c2ccc(CC(=O)N3CCn4nc(-c5ccc(F)c(Cl)c5)c(C(N)=O)c4C3)cc2)cs1. The Morgan fingerprint density at radius 3 is 2.54 bits per heavy atom. The summed E-state index contributed by atoms with van der Waals surface area (Å²) in [5.74, 6) is -1.29. The van der Waals surface area contributed by atoms with E-state index in [2.05, 4.69) is 10.1 Å². The fourth-order valence-corrected chi connectivity index (χ4v) is 5.01. The number of primary amides is 1. The number of aryl methyl sites for hydroxylation is 1. The number of nitrogens with two attached hydrogens (primary N) is 1. The van der Waals surface area contributed by atoms with Crippen LogP contribution in [0.1, 0.15) is 26.6 Å². The first kappa shape index (κ1) is 23.2. The number of fused-ring (bicyclic) bond motifs is 1. The number of rotatable bonds is 5. The third-order valence-corrected chi connectivity index (χ3v) is 7.06. The molecule has 0 saturated heterocycles. The summed E-state index contributed by atoms with van der Waals surface area (Å²) in [6, 6.07) is 11.9. The van der Waals surface area contributed by atoms with Gasteiger partial charge in [0.15, 0.2) is 0 Å². The lowest BCUT2D eigenvalue weighted by molar-refractivity contribution is -0.132. The summed E-state index contributed by atoms with van der Waals surface area (Å²) < 4.78 is 15.3. The highest BCUT2D eigenvalue weighted by Crippen LogP contribution is 2.31. The number of hydrogen-bond acceptors (Lipinski definition) is 5. The third kappa shape index (κ3) is 4.56. The summed E-state index contributed by atoms with van der Waals surface area (Å²) in [7, 11) is 0. The number of hydrogen-bond donors (Lipinski definition) is 1. The number of amides is 2. The van der Waals surface area contributed by atoms with Gasteiger partial charge in [-0.05, 0) is 30.7 Å². The summed E-state index contributed by atoms with van der Waals surface area (Å²) in [4.78, 5) is 31.6. The molecule has 35 heavy (non-hydrogen) atoms. The second kappa shape index (κ2) is 9.24. The molecule has 4 aromatic rings. The van der Waals surface area contributed by atoms with E-state index in [4.69, 9.17) is 17.3 Å². The average molecular weight is 510 g/mol. The Balaban J connectivity index is 1.35. The van der Waals surface area contributed by atoms with Gasteiger partial charge in [-0.2, -0.15) is 5.10 Å². The largest absolute Gasteiger partial charge is 0.365 e. The van der Waals surface area contributed by atoms with E-state index >= 15 is 0 Å². The van der Waals surface area contributed by atoms with Crippen molar-refractivity contribution >= 4 is 34.8 Å². The fourth-order valence-electron chi connectivity index (χ4n) is 4.21. The zero-order valence-corrected chi connectivity index (χ0v) is 20.4. The van der Waals surface area contributed by atoms with Crippen molar-refractivity contribution in [2.45, 2.75) is 26.4 Å². The molecule has 1 aliphatic heterocycles. The van der Waals surface area contributed by atoms with Crippen LogP contribution in [-0.2, 0) is 24.3 Å². The minimum atomic E-state index is -0.663. The molecule has 10 heteroatoms. The van der Waals surface area contributed by atoms with Crippen LogP contribution in [0.3, 0.4) is 0 Å². The minimum absolute atomic E-state index is 0.0588. The maximum atomic E-state index is 13.6. The van der Waals surface area contributed by atoms with Crippen LogP contribution in [0.5, 0.6) is 0 Å². The van der Waals surface area contributed by atoms with Gasteiger partial charge in [0.2, 0.25) is 5.91 Å². The highest BCUT2D eigenvalue weighted by atomic mass is 35.5. The molecular weight excluding hydrogens is 489 g/mol. The molecule has 2 amide bonds. The molecular formula is C25H21ClFN5O2S. The van der Waals surface area contributed by atoms with Gasteiger partial charge in [-0.1, -0.05) is 35.9 Å². The number of halogens is 2. The first-order valence-electron chi connectivity index (χ1n) is 10.9. The zero-order chi connectivity index (χ0) is 24.7. The third-order valence-electron chi connectivity index (χ3n) is 6.00. The van der Waals surface area contributed by atoms with Crippen molar-refractivity contribution in [3.63, 3.8) is 0 Å². The minimum Gasteiger partial charge on any atom is -0.365 e. The van der Waals surface area contributed by atoms with E-state index in [0.29, 0.717) is 30.0 Å². The lowest BCUT2D eigenvalue weighted by Crippen LogP contribution is -2.40. The van der Waals surface area contributed by atoms with Gasteiger partial charge in [0.25, 0.3) is 5.91 Å². The molecule has 2 aromatic heterocycles.